The number of ether oxygens (including phenoxy) is 1. The summed E-state index contributed by atoms with van der Waals surface area (Å²) >= 11 is 0. The third-order valence-corrected chi connectivity index (χ3v) is 3.37. The maximum Gasteiger partial charge on any atom is 0.460 e. The molecule has 0 saturated carbocycles. The summed E-state index contributed by atoms with van der Waals surface area (Å²) in [5.41, 5.74) is 0. The number of esters is 1. The Morgan fingerprint density at radius 1 is 0.800 bits per heavy atom. The van der Waals surface area contributed by atoms with Gasteiger partial charge in [-0.2, -0.15) is 62.3 Å². The molecule has 30 heavy (non-hydrogen) atoms. The Morgan fingerprint density at radius 3 is 1.73 bits per heavy atom. The van der Waals surface area contributed by atoms with E-state index in [1.807, 2.05) is 5.21 Å². The van der Waals surface area contributed by atoms with Crippen LogP contribution in [0.4, 0.5) is 57.1 Å². The lowest BCUT2D eigenvalue weighted by atomic mass is 9.93. The molecule has 0 aromatic carbocycles. The van der Waals surface area contributed by atoms with Crippen molar-refractivity contribution < 1.29 is 66.6 Å². The number of hydrogen-bond acceptors (Lipinski definition) is 5. The number of rotatable bonds is 9. The first-order valence-corrected chi connectivity index (χ1v) is 7.06. The molecule has 0 unspecified atom stereocenters. The Bertz CT molecular complexity index is 732. The largest absolute Gasteiger partial charge is 0.465 e. The van der Waals surface area contributed by atoms with Gasteiger partial charge in [-0.25, -0.2) is 0 Å². The van der Waals surface area contributed by atoms with Gasteiger partial charge < -0.3 is 4.74 Å². The third-order valence-electron chi connectivity index (χ3n) is 3.37. The molecule has 1 heterocycles. The van der Waals surface area contributed by atoms with E-state index in [0.717, 1.165) is 0 Å². The van der Waals surface area contributed by atoms with E-state index < -0.39 is 67.0 Å². The van der Waals surface area contributed by atoms with Crippen LogP contribution >= 0.6 is 0 Å². The highest BCUT2D eigenvalue weighted by atomic mass is 19.4. The number of nitrogens with zero attached hydrogens (tertiary/aromatic N) is 3. The summed E-state index contributed by atoms with van der Waals surface area (Å²) in [5, 5.41) is 11.2. The van der Waals surface area contributed by atoms with Crippen molar-refractivity contribution >= 4 is 5.97 Å². The SMILES string of the molecule is O=C(Cc1nn[nH]n1)OCCC(F)(F)C(F)(F)C(F)(F)C(F)(F)C(F)(F)C(F)(F)F. The summed E-state index contributed by atoms with van der Waals surface area (Å²) in [4.78, 5) is 11.2. The second-order valence-electron chi connectivity index (χ2n) is 5.48. The molecule has 1 aromatic heterocycles. The molecule has 1 N–H and O–H groups in total. The maximum atomic E-state index is 13.4. The lowest BCUT2D eigenvalue weighted by Gasteiger charge is -2.39. The molecule has 19 heteroatoms. The van der Waals surface area contributed by atoms with Crippen LogP contribution in [0.1, 0.15) is 12.2 Å². The van der Waals surface area contributed by atoms with Gasteiger partial charge >= 0.3 is 41.8 Å². The fraction of sp³-hybridized carbons (Fsp3) is 0.818. The summed E-state index contributed by atoms with van der Waals surface area (Å²) in [6, 6.07) is 0. The van der Waals surface area contributed by atoms with Gasteiger partial charge in [-0.05, 0) is 0 Å². The maximum absolute atomic E-state index is 13.4. The second kappa shape index (κ2) is 7.71. The highest BCUT2D eigenvalue weighted by molar-refractivity contribution is 5.71. The minimum absolute atomic E-state index is 0.391. The molecule has 0 aliphatic rings. The molecule has 0 amide bonds. The van der Waals surface area contributed by atoms with Gasteiger partial charge in [0.1, 0.15) is 6.42 Å². The number of tetrazole rings is 1. The van der Waals surface area contributed by atoms with Crippen LogP contribution < -0.4 is 0 Å². The molecule has 6 nitrogen and oxygen atoms in total. The summed E-state index contributed by atoms with van der Waals surface area (Å²) in [7, 11) is 0. The molecule has 0 aliphatic carbocycles. The van der Waals surface area contributed by atoms with Crippen LogP contribution in [0.5, 0.6) is 0 Å². The van der Waals surface area contributed by atoms with Crippen LogP contribution in [-0.4, -0.2) is 69.0 Å². The zero-order valence-corrected chi connectivity index (χ0v) is 13.7. The zero-order chi connectivity index (χ0) is 23.8. The van der Waals surface area contributed by atoms with Crippen molar-refractivity contribution in [1.29, 1.82) is 0 Å². The quantitative estimate of drug-likeness (QED) is 0.439. The summed E-state index contributed by atoms with van der Waals surface area (Å²) < 4.78 is 171. The highest BCUT2D eigenvalue weighted by Crippen LogP contribution is 2.60. The van der Waals surface area contributed by atoms with Gasteiger partial charge in [-0.3, -0.25) is 4.79 Å². The van der Waals surface area contributed by atoms with Gasteiger partial charge in [0.15, 0.2) is 5.82 Å². The van der Waals surface area contributed by atoms with Crippen molar-refractivity contribution in [3.63, 3.8) is 0 Å². The summed E-state index contributed by atoms with van der Waals surface area (Å²) in [6.45, 7) is -1.84. The molecule has 0 fully saturated rings. The average Bonchev–Trinajstić information content (AvgIpc) is 3.05. The molecule has 0 saturated heterocycles. The predicted molar refractivity (Wildman–Crippen MR) is 64.2 cm³/mol. The molecular weight excluding hydrogens is 467 g/mol. The van der Waals surface area contributed by atoms with Crippen molar-refractivity contribution in [2.24, 2.45) is 0 Å². The molecular formula is C11H7F13N4O2. The molecule has 0 spiro atoms. The van der Waals surface area contributed by atoms with E-state index in [-0.39, 0.29) is 0 Å². The van der Waals surface area contributed by atoms with Crippen molar-refractivity contribution in [2.45, 2.75) is 48.6 Å². The first-order chi connectivity index (χ1) is 13.2. The number of alkyl halides is 13. The van der Waals surface area contributed by atoms with E-state index in [9.17, 15) is 61.9 Å². The van der Waals surface area contributed by atoms with Crippen molar-refractivity contribution in [2.75, 3.05) is 6.61 Å². The van der Waals surface area contributed by atoms with Crippen molar-refractivity contribution in [3.05, 3.63) is 5.82 Å². The van der Waals surface area contributed by atoms with E-state index in [4.69, 9.17) is 0 Å². The monoisotopic (exact) mass is 474 g/mol. The van der Waals surface area contributed by atoms with Crippen LogP contribution in [0.3, 0.4) is 0 Å². The van der Waals surface area contributed by atoms with Crippen molar-refractivity contribution in [3.8, 4) is 0 Å². The predicted octanol–water partition coefficient (Wildman–Crippen LogP) is 3.41. The Hall–Kier alpha value is -2.37. The number of carbonyl (C=O) groups excluding carboxylic acids is 1. The number of aromatic amines is 1. The van der Waals surface area contributed by atoms with E-state index >= 15 is 0 Å². The third kappa shape index (κ3) is 4.23. The first kappa shape index (κ1) is 25.7. The molecule has 174 valence electrons. The molecule has 0 aliphatic heterocycles. The van der Waals surface area contributed by atoms with E-state index in [1.165, 1.54) is 0 Å². The smallest absolute Gasteiger partial charge is 0.460 e. The number of nitrogens with one attached hydrogen (secondary N) is 1. The fourth-order valence-electron chi connectivity index (χ4n) is 1.69. The summed E-state index contributed by atoms with van der Waals surface area (Å²) in [6.07, 6.45) is -11.0. The van der Waals surface area contributed by atoms with Crippen LogP contribution in [-0.2, 0) is 16.0 Å². The van der Waals surface area contributed by atoms with Gasteiger partial charge in [-0.1, -0.05) is 5.21 Å². The second-order valence-corrected chi connectivity index (χ2v) is 5.48. The van der Waals surface area contributed by atoms with Crippen LogP contribution in [0.2, 0.25) is 0 Å². The van der Waals surface area contributed by atoms with E-state index in [0.29, 0.717) is 0 Å². The molecule has 0 radical (unpaired) electrons. The number of carbonyl (C=O) groups is 1. The Labute approximate surface area is 155 Å². The minimum atomic E-state index is -7.97. The molecule has 0 atom stereocenters. The van der Waals surface area contributed by atoms with Crippen LogP contribution in [0.25, 0.3) is 0 Å². The fourth-order valence-corrected chi connectivity index (χ4v) is 1.69. The Balaban J connectivity index is 2.98. The molecule has 0 bridgehead atoms. The lowest BCUT2D eigenvalue weighted by Crippen LogP contribution is -2.70. The van der Waals surface area contributed by atoms with E-state index in [1.54, 1.807) is 0 Å². The normalized spacial score (nSPS) is 14.7. The van der Waals surface area contributed by atoms with Crippen LogP contribution in [0.15, 0.2) is 0 Å². The Kier molecular flexibility index (Phi) is 6.60. The van der Waals surface area contributed by atoms with Gasteiger partial charge in [-0.15, -0.1) is 10.2 Å². The van der Waals surface area contributed by atoms with Gasteiger partial charge in [0.2, 0.25) is 0 Å². The number of hydrogen-bond donors (Lipinski definition) is 1. The van der Waals surface area contributed by atoms with Crippen LogP contribution in [0, 0.1) is 0 Å². The van der Waals surface area contributed by atoms with Gasteiger partial charge in [0.25, 0.3) is 0 Å². The van der Waals surface area contributed by atoms with Gasteiger partial charge in [0.05, 0.1) is 13.0 Å². The Morgan fingerprint density at radius 2 is 1.30 bits per heavy atom. The molecule has 1 aromatic rings. The number of aromatic nitrogens is 4. The summed E-state index contributed by atoms with van der Waals surface area (Å²) in [5.74, 6) is -39.3. The highest BCUT2D eigenvalue weighted by Gasteiger charge is 2.90. The topological polar surface area (TPSA) is 80.8 Å². The zero-order valence-electron chi connectivity index (χ0n) is 13.7. The first-order valence-electron chi connectivity index (χ1n) is 7.06. The minimum Gasteiger partial charge on any atom is -0.465 e. The lowest BCUT2D eigenvalue weighted by molar-refractivity contribution is -0.440. The average molecular weight is 474 g/mol. The van der Waals surface area contributed by atoms with E-state index in [2.05, 4.69) is 20.1 Å². The number of H-pyrrole nitrogens is 1. The van der Waals surface area contributed by atoms with Gasteiger partial charge in [0, 0.05) is 0 Å². The molecule has 1 rings (SSSR count). The number of halogens is 13. The standard InChI is InChI=1S/C11H7F13N4O2/c12-6(13,1-2-30-5(29)3-4-25-27-28-26-4)7(14,15)8(16,17)9(18,19)10(20,21)11(22,23)24/h1-3H2,(H,25,26,27,28). The van der Waals surface area contributed by atoms with Crippen molar-refractivity contribution in [1.82, 2.24) is 20.6 Å².